The zero-order valence-corrected chi connectivity index (χ0v) is 11.7. The van der Waals surface area contributed by atoms with Gasteiger partial charge in [-0.1, -0.05) is 19.9 Å². The Bertz CT molecular complexity index is 344. The minimum atomic E-state index is -0.324. The zero-order chi connectivity index (χ0) is 13.4. The average molecular weight is 251 g/mol. The lowest BCUT2D eigenvalue weighted by Gasteiger charge is -2.23. The van der Waals surface area contributed by atoms with Crippen LogP contribution >= 0.6 is 0 Å². The van der Waals surface area contributed by atoms with E-state index in [0.717, 1.165) is 31.0 Å². The topological polar surface area (TPSA) is 48.4 Å². The molecule has 0 radical (unpaired) electrons. The summed E-state index contributed by atoms with van der Waals surface area (Å²) in [7, 11) is 0. The highest BCUT2D eigenvalue weighted by molar-refractivity contribution is 5.09. The highest BCUT2D eigenvalue weighted by Crippen LogP contribution is 2.04. The summed E-state index contributed by atoms with van der Waals surface area (Å²) in [6, 6.07) is 6.06. The van der Waals surface area contributed by atoms with Crippen molar-refractivity contribution in [3.63, 3.8) is 0 Å². The monoisotopic (exact) mass is 251 g/mol. The molecule has 1 heterocycles. The molecule has 1 aromatic heterocycles. The number of aliphatic hydroxyl groups excluding tert-OH is 1. The van der Waals surface area contributed by atoms with Gasteiger partial charge in [0.05, 0.1) is 11.8 Å². The SMILES string of the molecule is CCNCC(O)CN(CC)Cc1cccc(C)n1. The fourth-order valence-electron chi connectivity index (χ4n) is 1.90. The Morgan fingerprint density at radius 3 is 2.78 bits per heavy atom. The third kappa shape index (κ3) is 5.58. The molecule has 0 aliphatic rings. The summed E-state index contributed by atoms with van der Waals surface area (Å²) in [6.07, 6.45) is -0.324. The molecule has 0 bridgehead atoms. The molecule has 1 unspecified atom stereocenters. The van der Waals surface area contributed by atoms with Gasteiger partial charge >= 0.3 is 0 Å². The lowest BCUT2D eigenvalue weighted by molar-refractivity contribution is 0.110. The molecule has 18 heavy (non-hydrogen) atoms. The first-order valence-electron chi connectivity index (χ1n) is 6.69. The van der Waals surface area contributed by atoms with Crippen molar-refractivity contribution < 1.29 is 5.11 Å². The first kappa shape index (κ1) is 15.1. The lowest BCUT2D eigenvalue weighted by Crippen LogP contribution is -2.38. The van der Waals surface area contributed by atoms with E-state index in [1.54, 1.807) is 0 Å². The molecule has 0 saturated heterocycles. The molecule has 0 aliphatic heterocycles. The number of hydrogen-bond donors (Lipinski definition) is 2. The van der Waals surface area contributed by atoms with Gasteiger partial charge < -0.3 is 10.4 Å². The van der Waals surface area contributed by atoms with Gasteiger partial charge in [-0.15, -0.1) is 0 Å². The van der Waals surface area contributed by atoms with Crippen molar-refractivity contribution in [3.05, 3.63) is 29.6 Å². The number of pyridine rings is 1. The minimum Gasteiger partial charge on any atom is -0.390 e. The van der Waals surface area contributed by atoms with Crippen LogP contribution in [0.4, 0.5) is 0 Å². The van der Waals surface area contributed by atoms with Crippen LogP contribution in [0.15, 0.2) is 18.2 Å². The number of hydrogen-bond acceptors (Lipinski definition) is 4. The fraction of sp³-hybridized carbons (Fsp3) is 0.643. The zero-order valence-electron chi connectivity index (χ0n) is 11.7. The second-order valence-corrected chi connectivity index (χ2v) is 4.56. The summed E-state index contributed by atoms with van der Waals surface area (Å²) in [4.78, 5) is 6.70. The maximum atomic E-state index is 9.89. The largest absolute Gasteiger partial charge is 0.390 e. The summed E-state index contributed by atoms with van der Waals surface area (Å²) in [5.41, 5.74) is 2.10. The maximum absolute atomic E-state index is 9.89. The van der Waals surface area contributed by atoms with Crippen LogP contribution in [0.5, 0.6) is 0 Å². The lowest BCUT2D eigenvalue weighted by atomic mass is 10.2. The molecule has 0 fully saturated rings. The molecule has 0 amide bonds. The van der Waals surface area contributed by atoms with Gasteiger partial charge in [-0.3, -0.25) is 9.88 Å². The predicted octanol–water partition coefficient (Wildman–Crippen LogP) is 1.18. The van der Waals surface area contributed by atoms with Crippen molar-refractivity contribution in [2.24, 2.45) is 0 Å². The Morgan fingerprint density at radius 2 is 2.17 bits per heavy atom. The van der Waals surface area contributed by atoms with Gasteiger partial charge in [0.2, 0.25) is 0 Å². The van der Waals surface area contributed by atoms with Gasteiger partial charge in [0.15, 0.2) is 0 Å². The molecule has 4 heteroatoms. The standard InChI is InChI=1S/C14H25N3O/c1-4-15-9-14(18)11-17(5-2)10-13-8-6-7-12(3)16-13/h6-8,14-15,18H,4-5,9-11H2,1-3H3. The average Bonchev–Trinajstić information content (AvgIpc) is 2.35. The maximum Gasteiger partial charge on any atom is 0.0791 e. The first-order chi connectivity index (χ1) is 8.65. The second-order valence-electron chi connectivity index (χ2n) is 4.56. The van der Waals surface area contributed by atoms with Gasteiger partial charge in [-0.05, 0) is 32.1 Å². The number of aliphatic hydroxyl groups is 1. The molecule has 1 atom stereocenters. The molecular formula is C14H25N3O. The normalized spacial score (nSPS) is 12.9. The van der Waals surface area contributed by atoms with E-state index >= 15 is 0 Å². The van der Waals surface area contributed by atoms with E-state index in [0.29, 0.717) is 13.1 Å². The third-order valence-corrected chi connectivity index (χ3v) is 2.88. The summed E-state index contributed by atoms with van der Waals surface area (Å²) >= 11 is 0. The minimum absolute atomic E-state index is 0.324. The van der Waals surface area contributed by atoms with Crippen molar-refractivity contribution >= 4 is 0 Å². The number of nitrogens with one attached hydrogen (secondary N) is 1. The summed E-state index contributed by atoms with van der Waals surface area (Å²) < 4.78 is 0. The highest BCUT2D eigenvalue weighted by Gasteiger charge is 2.10. The quantitative estimate of drug-likeness (QED) is 0.728. The van der Waals surface area contributed by atoms with Crippen LogP contribution in [0.1, 0.15) is 25.2 Å². The van der Waals surface area contributed by atoms with Crippen molar-refractivity contribution in [2.45, 2.75) is 33.4 Å². The van der Waals surface area contributed by atoms with Gasteiger partial charge in [0, 0.05) is 25.3 Å². The van der Waals surface area contributed by atoms with E-state index in [4.69, 9.17) is 0 Å². The highest BCUT2D eigenvalue weighted by atomic mass is 16.3. The van der Waals surface area contributed by atoms with E-state index in [2.05, 4.69) is 22.1 Å². The summed E-state index contributed by atoms with van der Waals surface area (Å²) in [6.45, 7) is 10.1. The molecule has 1 rings (SSSR count). The van der Waals surface area contributed by atoms with Gasteiger partial charge in [0.1, 0.15) is 0 Å². The molecule has 102 valence electrons. The van der Waals surface area contributed by atoms with E-state index in [1.807, 2.05) is 32.0 Å². The van der Waals surface area contributed by atoms with Crippen LogP contribution in [0.2, 0.25) is 0 Å². The van der Waals surface area contributed by atoms with E-state index in [1.165, 1.54) is 0 Å². The van der Waals surface area contributed by atoms with E-state index in [9.17, 15) is 5.11 Å². The molecule has 0 spiro atoms. The molecule has 0 aromatic carbocycles. The fourth-order valence-corrected chi connectivity index (χ4v) is 1.90. The second kappa shape index (κ2) is 8.19. The van der Waals surface area contributed by atoms with E-state index < -0.39 is 0 Å². The number of aryl methyl sites for hydroxylation is 1. The Balaban J connectivity index is 2.46. The van der Waals surface area contributed by atoms with Crippen molar-refractivity contribution in [2.75, 3.05) is 26.2 Å². The third-order valence-electron chi connectivity index (χ3n) is 2.88. The Kier molecular flexibility index (Phi) is 6.86. The van der Waals surface area contributed by atoms with E-state index in [-0.39, 0.29) is 6.10 Å². The Hall–Kier alpha value is -0.970. The first-order valence-corrected chi connectivity index (χ1v) is 6.69. The smallest absolute Gasteiger partial charge is 0.0791 e. The van der Waals surface area contributed by atoms with Crippen LogP contribution in [-0.2, 0) is 6.54 Å². The number of rotatable bonds is 8. The molecular weight excluding hydrogens is 226 g/mol. The summed E-state index contributed by atoms with van der Waals surface area (Å²) in [5.74, 6) is 0. The Labute approximate surface area is 110 Å². The van der Waals surface area contributed by atoms with Crippen LogP contribution in [-0.4, -0.2) is 47.3 Å². The van der Waals surface area contributed by atoms with Crippen molar-refractivity contribution in [1.29, 1.82) is 0 Å². The van der Waals surface area contributed by atoms with Crippen LogP contribution < -0.4 is 5.32 Å². The van der Waals surface area contributed by atoms with Crippen LogP contribution in [0, 0.1) is 6.92 Å². The van der Waals surface area contributed by atoms with Gasteiger partial charge in [0.25, 0.3) is 0 Å². The number of aromatic nitrogens is 1. The number of likely N-dealkylation sites (N-methyl/N-ethyl adjacent to an activating group) is 2. The van der Waals surface area contributed by atoms with Crippen LogP contribution in [0.3, 0.4) is 0 Å². The van der Waals surface area contributed by atoms with Crippen molar-refractivity contribution in [3.8, 4) is 0 Å². The Morgan fingerprint density at radius 1 is 1.39 bits per heavy atom. The molecule has 0 aliphatic carbocycles. The molecule has 1 aromatic rings. The van der Waals surface area contributed by atoms with Gasteiger partial charge in [-0.2, -0.15) is 0 Å². The molecule has 0 saturated carbocycles. The molecule has 2 N–H and O–H groups in total. The number of nitrogens with zero attached hydrogens (tertiary/aromatic N) is 2. The van der Waals surface area contributed by atoms with Crippen LogP contribution in [0.25, 0.3) is 0 Å². The van der Waals surface area contributed by atoms with Gasteiger partial charge in [-0.25, -0.2) is 0 Å². The van der Waals surface area contributed by atoms with Crippen molar-refractivity contribution in [1.82, 2.24) is 15.2 Å². The predicted molar refractivity (Wildman–Crippen MR) is 74.5 cm³/mol. The summed E-state index contributed by atoms with van der Waals surface area (Å²) in [5, 5.41) is 13.0. The molecule has 4 nitrogen and oxygen atoms in total.